The van der Waals surface area contributed by atoms with Gasteiger partial charge in [-0.25, -0.2) is 0 Å². The number of ketones is 1. The molecule has 4 heteroatoms. The maximum absolute atomic E-state index is 11.7. The molecule has 0 unspecified atom stereocenters. The number of allylic oxidation sites excluding steroid dienone is 1. The second-order valence-corrected chi connectivity index (χ2v) is 3.19. The van der Waals surface area contributed by atoms with Gasteiger partial charge in [0.25, 0.3) is 0 Å². The van der Waals surface area contributed by atoms with Crippen LogP contribution in [0.1, 0.15) is 17.3 Å². The van der Waals surface area contributed by atoms with Crippen LogP contribution >= 0.6 is 0 Å². The van der Waals surface area contributed by atoms with E-state index in [-0.39, 0.29) is 12.6 Å². The van der Waals surface area contributed by atoms with Crippen molar-refractivity contribution in [2.75, 3.05) is 13.4 Å². The molecule has 1 aromatic carbocycles. The van der Waals surface area contributed by atoms with Gasteiger partial charge in [-0.3, -0.25) is 4.79 Å². The zero-order chi connectivity index (χ0) is 11.4. The van der Waals surface area contributed by atoms with Crippen LogP contribution < -0.4 is 9.47 Å². The van der Waals surface area contributed by atoms with Crippen LogP contribution in [-0.4, -0.2) is 19.2 Å². The standard InChI is InChI=1S/C12H12O4/c1-2-14-6-5-10(13)9-3-4-11-12(7-9)16-8-15-11/h3-7H,2,8H2,1H3/b6-5+. The van der Waals surface area contributed by atoms with E-state index in [0.29, 0.717) is 23.7 Å². The van der Waals surface area contributed by atoms with Crippen molar-refractivity contribution in [1.82, 2.24) is 0 Å². The summed E-state index contributed by atoms with van der Waals surface area (Å²) in [6.45, 7) is 2.61. The first-order chi connectivity index (χ1) is 7.81. The smallest absolute Gasteiger partial charge is 0.231 e. The van der Waals surface area contributed by atoms with Gasteiger partial charge in [0.15, 0.2) is 17.3 Å². The Morgan fingerprint density at radius 3 is 3.06 bits per heavy atom. The van der Waals surface area contributed by atoms with E-state index in [1.54, 1.807) is 18.2 Å². The summed E-state index contributed by atoms with van der Waals surface area (Å²) < 4.78 is 15.3. The average molecular weight is 220 g/mol. The summed E-state index contributed by atoms with van der Waals surface area (Å²) in [6, 6.07) is 5.09. The quantitative estimate of drug-likeness (QED) is 0.443. The maximum atomic E-state index is 11.7. The van der Waals surface area contributed by atoms with Gasteiger partial charge in [-0.05, 0) is 25.1 Å². The Morgan fingerprint density at radius 1 is 1.44 bits per heavy atom. The molecule has 0 aliphatic carbocycles. The molecule has 0 bridgehead atoms. The van der Waals surface area contributed by atoms with Crippen LogP contribution in [0.5, 0.6) is 11.5 Å². The summed E-state index contributed by atoms with van der Waals surface area (Å²) in [5, 5.41) is 0. The third-order valence-corrected chi connectivity index (χ3v) is 2.14. The Balaban J connectivity index is 2.12. The monoisotopic (exact) mass is 220 g/mol. The van der Waals surface area contributed by atoms with Gasteiger partial charge in [0.2, 0.25) is 6.79 Å². The van der Waals surface area contributed by atoms with Gasteiger partial charge in [0.05, 0.1) is 12.9 Å². The van der Waals surface area contributed by atoms with Crippen molar-refractivity contribution in [3.05, 3.63) is 36.1 Å². The van der Waals surface area contributed by atoms with Gasteiger partial charge in [-0.1, -0.05) is 0 Å². The summed E-state index contributed by atoms with van der Waals surface area (Å²) in [4.78, 5) is 11.7. The van der Waals surface area contributed by atoms with Crippen molar-refractivity contribution in [2.24, 2.45) is 0 Å². The fourth-order valence-electron chi connectivity index (χ4n) is 1.35. The number of rotatable bonds is 4. The molecule has 0 saturated carbocycles. The van der Waals surface area contributed by atoms with Gasteiger partial charge in [-0.15, -0.1) is 0 Å². The lowest BCUT2D eigenvalue weighted by Gasteiger charge is -1.99. The molecule has 0 atom stereocenters. The van der Waals surface area contributed by atoms with Crippen molar-refractivity contribution in [3.8, 4) is 11.5 Å². The lowest BCUT2D eigenvalue weighted by atomic mass is 10.1. The molecule has 0 N–H and O–H groups in total. The van der Waals surface area contributed by atoms with E-state index in [0.717, 1.165) is 0 Å². The Kier molecular flexibility index (Phi) is 3.10. The molecule has 0 amide bonds. The van der Waals surface area contributed by atoms with E-state index in [1.807, 2.05) is 6.92 Å². The number of ether oxygens (including phenoxy) is 3. The van der Waals surface area contributed by atoms with Crippen LogP contribution in [0.2, 0.25) is 0 Å². The van der Waals surface area contributed by atoms with E-state index in [2.05, 4.69) is 0 Å². The summed E-state index contributed by atoms with van der Waals surface area (Å²) in [5.41, 5.74) is 0.556. The fourth-order valence-corrected chi connectivity index (χ4v) is 1.35. The minimum Gasteiger partial charge on any atom is -0.501 e. The summed E-state index contributed by atoms with van der Waals surface area (Å²) in [5.74, 6) is 1.16. The molecule has 0 radical (unpaired) electrons. The molecule has 2 rings (SSSR count). The lowest BCUT2D eigenvalue weighted by Crippen LogP contribution is -1.95. The first kappa shape index (κ1) is 10.5. The second kappa shape index (κ2) is 4.70. The third kappa shape index (κ3) is 2.16. The van der Waals surface area contributed by atoms with E-state index in [4.69, 9.17) is 14.2 Å². The van der Waals surface area contributed by atoms with Crippen LogP contribution in [0.4, 0.5) is 0 Å². The van der Waals surface area contributed by atoms with Crippen LogP contribution in [-0.2, 0) is 4.74 Å². The molecule has 1 aliphatic heterocycles. The highest BCUT2D eigenvalue weighted by Gasteiger charge is 2.14. The van der Waals surface area contributed by atoms with Crippen molar-refractivity contribution in [3.63, 3.8) is 0 Å². The topological polar surface area (TPSA) is 44.8 Å². The molecular weight excluding hydrogens is 208 g/mol. The van der Waals surface area contributed by atoms with Crippen LogP contribution in [0, 0.1) is 0 Å². The molecule has 1 heterocycles. The molecule has 1 aromatic rings. The lowest BCUT2D eigenvalue weighted by molar-refractivity contribution is 0.104. The van der Waals surface area contributed by atoms with Crippen molar-refractivity contribution in [1.29, 1.82) is 0 Å². The Labute approximate surface area is 93.4 Å². The number of carbonyl (C=O) groups is 1. The van der Waals surface area contributed by atoms with Crippen LogP contribution in [0.3, 0.4) is 0 Å². The molecule has 0 saturated heterocycles. The van der Waals surface area contributed by atoms with E-state index in [1.165, 1.54) is 12.3 Å². The SMILES string of the molecule is CCO/C=C/C(=O)c1ccc2c(c1)OCO2. The maximum Gasteiger partial charge on any atom is 0.231 e. The Morgan fingerprint density at radius 2 is 2.25 bits per heavy atom. The normalized spacial score (nSPS) is 13.1. The molecule has 0 spiro atoms. The molecule has 84 valence electrons. The molecular formula is C12H12O4. The highest BCUT2D eigenvalue weighted by molar-refractivity contribution is 6.04. The number of carbonyl (C=O) groups excluding carboxylic acids is 1. The fraction of sp³-hybridized carbons (Fsp3) is 0.250. The van der Waals surface area contributed by atoms with Gasteiger partial charge in [0, 0.05) is 11.6 Å². The zero-order valence-electron chi connectivity index (χ0n) is 8.93. The number of hydrogen-bond acceptors (Lipinski definition) is 4. The Bertz CT molecular complexity index is 423. The zero-order valence-corrected chi connectivity index (χ0v) is 8.93. The van der Waals surface area contributed by atoms with Gasteiger partial charge < -0.3 is 14.2 Å². The van der Waals surface area contributed by atoms with Gasteiger partial charge in [0.1, 0.15) is 0 Å². The Hall–Kier alpha value is -1.97. The van der Waals surface area contributed by atoms with Crippen LogP contribution in [0.25, 0.3) is 0 Å². The van der Waals surface area contributed by atoms with Crippen molar-refractivity contribution in [2.45, 2.75) is 6.92 Å². The predicted octanol–water partition coefficient (Wildman–Crippen LogP) is 2.15. The number of fused-ring (bicyclic) bond motifs is 1. The highest BCUT2D eigenvalue weighted by atomic mass is 16.7. The molecule has 1 aliphatic rings. The summed E-state index contributed by atoms with van der Waals surface area (Å²) in [6.07, 6.45) is 2.79. The minimum atomic E-state index is -0.119. The minimum absolute atomic E-state index is 0.119. The van der Waals surface area contributed by atoms with E-state index >= 15 is 0 Å². The van der Waals surface area contributed by atoms with Crippen LogP contribution in [0.15, 0.2) is 30.5 Å². The highest BCUT2D eigenvalue weighted by Crippen LogP contribution is 2.32. The molecule has 0 fully saturated rings. The second-order valence-electron chi connectivity index (χ2n) is 3.19. The predicted molar refractivity (Wildman–Crippen MR) is 57.7 cm³/mol. The number of hydrogen-bond donors (Lipinski definition) is 0. The van der Waals surface area contributed by atoms with Gasteiger partial charge in [-0.2, -0.15) is 0 Å². The first-order valence-electron chi connectivity index (χ1n) is 5.03. The molecule has 4 nitrogen and oxygen atoms in total. The summed E-state index contributed by atoms with van der Waals surface area (Å²) >= 11 is 0. The van der Waals surface area contributed by atoms with E-state index < -0.39 is 0 Å². The summed E-state index contributed by atoms with van der Waals surface area (Å²) in [7, 11) is 0. The van der Waals surface area contributed by atoms with Crippen molar-refractivity contribution >= 4 is 5.78 Å². The average Bonchev–Trinajstić information content (AvgIpc) is 2.76. The number of benzene rings is 1. The molecule has 16 heavy (non-hydrogen) atoms. The third-order valence-electron chi connectivity index (χ3n) is 2.14. The molecule has 0 aromatic heterocycles. The van der Waals surface area contributed by atoms with E-state index in [9.17, 15) is 4.79 Å². The largest absolute Gasteiger partial charge is 0.501 e. The van der Waals surface area contributed by atoms with Crippen molar-refractivity contribution < 1.29 is 19.0 Å². The first-order valence-corrected chi connectivity index (χ1v) is 5.03. The van der Waals surface area contributed by atoms with Gasteiger partial charge >= 0.3 is 0 Å².